The quantitative estimate of drug-likeness (QED) is 0.0195. The molecule has 2 unspecified atom stereocenters. The maximum Gasteiger partial charge on any atom is 0.306 e. The van der Waals surface area contributed by atoms with Crippen molar-refractivity contribution < 1.29 is 42.9 Å². The monoisotopic (exact) mass is 1370 g/mol. The average molecular weight is 1380 g/mol. The summed E-state index contributed by atoms with van der Waals surface area (Å²) >= 11 is 0. The lowest BCUT2D eigenvalue weighted by Gasteiger charge is -2.26. The van der Waals surface area contributed by atoms with Crippen LogP contribution in [0.2, 0.25) is 0 Å². The number of carbonyl (C=O) groups is 3. The Hall–Kier alpha value is -3.27. The highest BCUT2D eigenvalue weighted by atomic mass is 16.7. The molecule has 0 saturated carbocycles. The highest BCUT2D eigenvalue weighted by molar-refractivity contribution is 5.70. The molecule has 0 aliphatic carbocycles. The van der Waals surface area contributed by atoms with Crippen molar-refractivity contribution in [2.45, 2.75) is 431 Å². The van der Waals surface area contributed by atoms with E-state index in [-0.39, 0.29) is 32.2 Å². The van der Waals surface area contributed by atoms with Crippen LogP contribution in [0.15, 0.2) is 72.9 Å². The van der Waals surface area contributed by atoms with Gasteiger partial charge in [-0.3, -0.25) is 9.59 Å². The minimum Gasteiger partial charge on any atom is -0.545 e. The van der Waals surface area contributed by atoms with Crippen LogP contribution in [0.3, 0.4) is 0 Å². The normalized spacial score (nSPS) is 12.9. The second-order valence-electron chi connectivity index (χ2n) is 30.1. The van der Waals surface area contributed by atoms with Crippen LogP contribution in [0.1, 0.15) is 418 Å². The minimum absolute atomic E-state index is 0.150. The van der Waals surface area contributed by atoms with Gasteiger partial charge in [0.05, 0.1) is 40.3 Å². The van der Waals surface area contributed by atoms with Crippen LogP contribution < -0.4 is 5.11 Å². The van der Waals surface area contributed by atoms with Gasteiger partial charge in [0.25, 0.3) is 0 Å². The van der Waals surface area contributed by atoms with E-state index in [1.807, 2.05) is 21.1 Å². The molecule has 0 aromatic heterocycles. The van der Waals surface area contributed by atoms with Crippen molar-refractivity contribution in [2.24, 2.45) is 0 Å². The lowest BCUT2D eigenvalue weighted by molar-refractivity contribution is -0.870. The third kappa shape index (κ3) is 80.0. The fourth-order valence-electron chi connectivity index (χ4n) is 12.8. The van der Waals surface area contributed by atoms with E-state index in [2.05, 4.69) is 86.8 Å². The molecule has 572 valence electrons. The van der Waals surface area contributed by atoms with Gasteiger partial charge in [0, 0.05) is 12.8 Å². The number of likely N-dealkylation sites (N-methyl/N-ethyl adjacent to an activating group) is 1. The number of hydrogen-bond donors (Lipinski definition) is 0. The first-order valence-corrected chi connectivity index (χ1v) is 42.6. The average Bonchev–Trinajstić information content (AvgIpc) is 1.38. The van der Waals surface area contributed by atoms with Gasteiger partial charge in [0.15, 0.2) is 12.4 Å². The zero-order valence-corrected chi connectivity index (χ0v) is 65.7. The van der Waals surface area contributed by atoms with Gasteiger partial charge in [-0.15, -0.1) is 0 Å². The second-order valence-corrected chi connectivity index (χ2v) is 30.1. The summed E-state index contributed by atoms with van der Waals surface area (Å²) in [6.45, 7) is 4.71. The molecule has 98 heavy (non-hydrogen) atoms. The van der Waals surface area contributed by atoms with Crippen molar-refractivity contribution >= 4 is 17.9 Å². The largest absolute Gasteiger partial charge is 0.545 e. The molecule has 0 rings (SSSR count). The van der Waals surface area contributed by atoms with Crippen molar-refractivity contribution in [3.63, 3.8) is 0 Å². The number of esters is 2. The van der Waals surface area contributed by atoms with Crippen LogP contribution >= 0.6 is 0 Å². The van der Waals surface area contributed by atoms with Gasteiger partial charge in [-0.1, -0.05) is 414 Å². The fourth-order valence-corrected chi connectivity index (χ4v) is 12.8. The van der Waals surface area contributed by atoms with E-state index < -0.39 is 24.3 Å². The maximum atomic E-state index is 13.0. The maximum absolute atomic E-state index is 13.0. The van der Waals surface area contributed by atoms with Crippen LogP contribution in [0.4, 0.5) is 0 Å². The zero-order valence-electron chi connectivity index (χ0n) is 65.7. The number of hydrogen-bond acceptors (Lipinski definition) is 8. The summed E-state index contributed by atoms with van der Waals surface area (Å²) in [5.74, 6) is -2.25. The Kier molecular flexibility index (Phi) is 76.8. The summed E-state index contributed by atoms with van der Waals surface area (Å²) in [5.41, 5.74) is 0. The number of carboxylic acids is 1. The lowest BCUT2D eigenvalue weighted by atomic mass is 10.0. The predicted molar refractivity (Wildman–Crippen MR) is 421 cm³/mol. The van der Waals surface area contributed by atoms with Crippen LogP contribution in [0.25, 0.3) is 0 Å². The number of unbranched alkanes of at least 4 members (excludes halogenated alkanes) is 53. The molecular weight excluding hydrogens is 1210 g/mol. The van der Waals surface area contributed by atoms with E-state index >= 15 is 0 Å². The first-order chi connectivity index (χ1) is 48.1. The number of allylic oxidation sites excluding steroid dienone is 12. The number of rotatable bonds is 80. The molecule has 9 heteroatoms. The molecule has 0 bridgehead atoms. The van der Waals surface area contributed by atoms with Gasteiger partial charge in [0.2, 0.25) is 0 Å². The standard InChI is InChI=1S/C89H163NO8/c1-6-8-10-12-14-16-18-20-22-24-26-28-30-32-34-36-38-40-42-43-44-45-46-48-50-52-54-56-58-60-62-64-66-68-70-72-74-76-78-80-87(92)98-85(84-97-89(88(93)94)95-82-81-90(3,4)5)83-96-86(91)79-77-75-73-71-69-67-65-63-61-59-57-55-53-51-49-47-41-39-37-35-33-31-29-27-25-23-21-19-17-15-13-11-9-7-2/h8,10,14,16,20,22,26,28,32,34,38,40,85,89H,6-7,9,11-13,15,17-19,21,23-25,27,29-31,33,35-37,39,41-84H2,1-5H3/b10-8-,16-14-,22-20-,28-26-,34-32-,40-38-. The van der Waals surface area contributed by atoms with Crippen LogP contribution in [-0.2, 0) is 33.3 Å². The van der Waals surface area contributed by atoms with E-state index in [0.29, 0.717) is 23.9 Å². The molecule has 0 saturated heterocycles. The molecule has 9 nitrogen and oxygen atoms in total. The van der Waals surface area contributed by atoms with Crippen LogP contribution in [-0.4, -0.2) is 82.3 Å². The molecule has 0 heterocycles. The molecule has 0 aromatic rings. The molecule has 0 fully saturated rings. The number of carbonyl (C=O) groups excluding carboxylic acids is 3. The van der Waals surface area contributed by atoms with E-state index in [4.69, 9.17) is 18.9 Å². The van der Waals surface area contributed by atoms with Crippen molar-refractivity contribution in [2.75, 3.05) is 47.5 Å². The Morgan fingerprint density at radius 1 is 0.316 bits per heavy atom. The minimum atomic E-state index is -1.62. The molecule has 0 amide bonds. The summed E-state index contributed by atoms with van der Waals surface area (Å²) in [6.07, 6.45) is 105. The van der Waals surface area contributed by atoms with Crippen molar-refractivity contribution in [1.29, 1.82) is 0 Å². The molecular formula is C89H163NO8. The molecule has 0 aliphatic heterocycles. The number of ether oxygens (including phenoxy) is 4. The number of quaternary nitrogens is 1. The van der Waals surface area contributed by atoms with Gasteiger partial charge in [-0.05, 0) is 64.2 Å². The van der Waals surface area contributed by atoms with Gasteiger partial charge in [0.1, 0.15) is 13.2 Å². The van der Waals surface area contributed by atoms with E-state index in [9.17, 15) is 19.5 Å². The number of carboxylic acid groups (broad SMARTS) is 1. The molecule has 2 atom stereocenters. The Labute approximate surface area is 608 Å². The van der Waals surface area contributed by atoms with Gasteiger partial charge in [-0.25, -0.2) is 0 Å². The Bertz CT molecular complexity index is 1850. The zero-order chi connectivity index (χ0) is 71.1. The highest BCUT2D eigenvalue weighted by Crippen LogP contribution is 2.20. The van der Waals surface area contributed by atoms with Crippen LogP contribution in [0.5, 0.6) is 0 Å². The third-order valence-corrected chi connectivity index (χ3v) is 19.2. The molecule has 0 aliphatic rings. The molecule has 0 N–H and O–H groups in total. The van der Waals surface area contributed by atoms with Crippen molar-refractivity contribution in [3.05, 3.63) is 72.9 Å². The number of aliphatic carboxylic acids is 1. The Balaban J connectivity index is 3.95. The summed E-state index contributed by atoms with van der Waals surface area (Å²) in [5, 5.41) is 11.9. The Morgan fingerprint density at radius 3 is 0.867 bits per heavy atom. The fraction of sp³-hybridized carbons (Fsp3) is 0.831. The van der Waals surface area contributed by atoms with E-state index in [0.717, 1.165) is 70.6 Å². The van der Waals surface area contributed by atoms with E-state index in [1.165, 1.54) is 315 Å². The smallest absolute Gasteiger partial charge is 0.306 e. The van der Waals surface area contributed by atoms with Crippen molar-refractivity contribution in [3.8, 4) is 0 Å². The summed E-state index contributed by atoms with van der Waals surface area (Å²) in [6, 6.07) is 0. The van der Waals surface area contributed by atoms with Crippen LogP contribution in [0, 0.1) is 0 Å². The molecule has 0 aromatic carbocycles. The topological polar surface area (TPSA) is 111 Å². The van der Waals surface area contributed by atoms with Gasteiger partial charge < -0.3 is 33.3 Å². The third-order valence-electron chi connectivity index (χ3n) is 19.2. The summed E-state index contributed by atoms with van der Waals surface area (Å²) < 4.78 is 22.9. The summed E-state index contributed by atoms with van der Waals surface area (Å²) in [4.78, 5) is 37.7. The Morgan fingerprint density at radius 2 is 0.582 bits per heavy atom. The lowest BCUT2D eigenvalue weighted by Crippen LogP contribution is -2.44. The summed E-state index contributed by atoms with van der Waals surface area (Å²) in [7, 11) is 5.95. The SMILES string of the molecule is CC/C=C\C/C=C\C/C=C\C/C=C\C/C=C\C/C=C\CCCCCCCCCCCCCCCCCCCCCCC(=O)OC(COC(=O)CCCCCCCCCCCCCCCCCCCCCCCCCCCCCCCCCCCC)COC(OCC[N+](C)(C)C)C(=O)[O-]. The van der Waals surface area contributed by atoms with E-state index in [1.54, 1.807) is 0 Å². The highest BCUT2D eigenvalue weighted by Gasteiger charge is 2.22. The van der Waals surface area contributed by atoms with Gasteiger partial charge >= 0.3 is 11.9 Å². The predicted octanol–water partition coefficient (Wildman–Crippen LogP) is 26.2. The first kappa shape index (κ1) is 94.7. The van der Waals surface area contributed by atoms with Gasteiger partial charge in [-0.2, -0.15) is 0 Å². The molecule has 0 radical (unpaired) electrons. The second kappa shape index (κ2) is 79.4. The first-order valence-electron chi connectivity index (χ1n) is 42.6. The molecule has 0 spiro atoms. The van der Waals surface area contributed by atoms with Crippen molar-refractivity contribution in [1.82, 2.24) is 0 Å². The number of nitrogens with zero attached hydrogens (tertiary/aromatic N) is 1.